The highest BCUT2D eigenvalue weighted by molar-refractivity contribution is 7.80. The van der Waals surface area contributed by atoms with Crippen molar-refractivity contribution in [3.8, 4) is 11.5 Å². The van der Waals surface area contributed by atoms with Gasteiger partial charge in [-0.25, -0.2) is 0 Å². The van der Waals surface area contributed by atoms with Crippen LogP contribution < -0.4 is 25.6 Å². The normalized spacial score (nSPS) is 11.2. The van der Waals surface area contributed by atoms with Crippen LogP contribution in [0.25, 0.3) is 0 Å². The van der Waals surface area contributed by atoms with Gasteiger partial charge in [0.15, 0.2) is 11.7 Å². The van der Waals surface area contributed by atoms with Crippen LogP contribution in [0.3, 0.4) is 0 Å². The summed E-state index contributed by atoms with van der Waals surface area (Å²) in [5, 5.41) is 2.46. The van der Waals surface area contributed by atoms with Crippen molar-refractivity contribution in [1.29, 1.82) is 0 Å². The van der Waals surface area contributed by atoms with Gasteiger partial charge in [0.1, 0.15) is 18.1 Å². The number of nitrogens with one attached hydrogen (secondary N) is 3. The van der Waals surface area contributed by atoms with Gasteiger partial charge in [-0.3, -0.25) is 25.8 Å². The lowest BCUT2D eigenvalue weighted by molar-refractivity contribution is -0.123. The molecule has 0 saturated carbocycles. The van der Waals surface area contributed by atoms with E-state index in [0.717, 1.165) is 12.0 Å². The molecule has 33 heavy (non-hydrogen) atoms. The van der Waals surface area contributed by atoms with Crippen molar-refractivity contribution >= 4 is 29.1 Å². The van der Waals surface area contributed by atoms with Crippen LogP contribution >= 0.6 is 12.2 Å². The Morgan fingerprint density at radius 1 is 1.00 bits per heavy atom. The molecular formula is C24H31N3O5S. The van der Waals surface area contributed by atoms with Gasteiger partial charge < -0.3 is 14.2 Å². The largest absolute Gasteiger partial charge is 0.491 e. The zero-order chi connectivity index (χ0) is 24.1. The Kier molecular flexibility index (Phi) is 11.1. The minimum atomic E-state index is -0.435. The second-order valence-electron chi connectivity index (χ2n) is 7.17. The molecule has 9 heteroatoms. The molecule has 0 aliphatic rings. The monoisotopic (exact) mass is 473 g/mol. The van der Waals surface area contributed by atoms with Crippen molar-refractivity contribution in [3.05, 3.63) is 59.7 Å². The van der Waals surface area contributed by atoms with Gasteiger partial charge in [-0.1, -0.05) is 38.1 Å². The smallest absolute Gasteiger partial charge is 0.276 e. The fourth-order valence-corrected chi connectivity index (χ4v) is 2.99. The van der Waals surface area contributed by atoms with Crippen LogP contribution in [-0.4, -0.2) is 43.4 Å². The first-order valence-corrected chi connectivity index (χ1v) is 11.3. The Labute approximate surface area is 200 Å². The predicted molar refractivity (Wildman–Crippen MR) is 130 cm³/mol. The van der Waals surface area contributed by atoms with Gasteiger partial charge >= 0.3 is 0 Å². The predicted octanol–water partition coefficient (Wildman–Crippen LogP) is 3.33. The minimum Gasteiger partial charge on any atom is -0.491 e. The molecule has 3 N–H and O–H groups in total. The van der Waals surface area contributed by atoms with Crippen LogP contribution in [-0.2, 0) is 9.53 Å². The highest BCUT2D eigenvalue weighted by atomic mass is 32.1. The third kappa shape index (κ3) is 9.07. The molecule has 2 amide bonds. The number of ether oxygens (including phenoxy) is 3. The zero-order valence-electron chi connectivity index (χ0n) is 19.2. The molecule has 0 heterocycles. The van der Waals surface area contributed by atoms with Crippen LogP contribution in [0, 0.1) is 0 Å². The molecule has 0 saturated heterocycles. The summed E-state index contributed by atoms with van der Waals surface area (Å²) in [5.74, 6) is 0.662. The maximum Gasteiger partial charge on any atom is 0.276 e. The number of rotatable bonds is 11. The summed E-state index contributed by atoms with van der Waals surface area (Å²) in [7, 11) is 0. The molecule has 0 aliphatic carbocycles. The van der Waals surface area contributed by atoms with E-state index >= 15 is 0 Å². The van der Waals surface area contributed by atoms with Crippen molar-refractivity contribution in [2.75, 3.05) is 26.4 Å². The quantitative estimate of drug-likeness (QED) is 0.262. The van der Waals surface area contributed by atoms with Crippen molar-refractivity contribution in [2.45, 2.75) is 33.1 Å². The fourth-order valence-electron chi connectivity index (χ4n) is 2.84. The Hall–Kier alpha value is -3.17. The van der Waals surface area contributed by atoms with Crippen molar-refractivity contribution in [1.82, 2.24) is 16.2 Å². The maximum absolute atomic E-state index is 12.4. The Morgan fingerprint density at radius 3 is 2.55 bits per heavy atom. The van der Waals surface area contributed by atoms with Gasteiger partial charge in [-0.15, -0.1) is 0 Å². The van der Waals surface area contributed by atoms with Crippen LogP contribution in [0.5, 0.6) is 11.5 Å². The highest BCUT2D eigenvalue weighted by Crippen LogP contribution is 2.28. The summed E-state index contributed by atoms with van der Waals surface area (Å²) in [6.07, 6.45) is 0.963. The third-order valence-electron chi connectivity index (χ3n) is 4.76. The number of carbonyl (C=O) groups is 2. The van der Waals surface area contributed by atoms with Gasteiger partial charge in [0.2, 0.25) is 0 Å². The Bertz CT molecular complexity index is 938. The molecule has 0 aliphatic heterocycles. The number of para-hydroxylation sites is 1. The van der Waals surface area contributed by atoms with Crippen LogP contribution in [0.2, 0.25) is 0 Å². The number of benzene rings is 2. The lowest BCUT2D eigenvalue weighted by Crippen LogP contribution is -2.49. The van der Waals surface area contributed by atoms with Gasteiger partial charge in [-0.2, -0.15) is 0 Å². The third-order valence-corrected chi connectivity index (χ3v) is 4.96. The fraction of sp³-hybridized carbons (Fsp3) is 0.375. The van der Waals surface area contributed by atoms with Crippen molar-refractivity contribution in [2.24, 2.45) is 0 Å². The van der Waals surface area contributed by atoms with E-state index in [2.05, 4.69) is 30.0 Å². The first kappa shape index (κ1) is 26.1. The molecule has 2 rings (SSSR count). The zero-order valence-corrected chi connectivity index (χ0v) is 20.0. The van der Waals surface area contributed by atoms with Crippen molar-refractivity contribution < 1.29 is 23.8 Å². The molecule has 8 nitrogen and oxygen atoms in total. The first-order chi connectivity index (χ1) is 15.9. The van der Waals surface area contributed by atoms with Crippen LogP contribution in [0.15, 0.2) is 48.5 Å². The Morgan fingerprint density at radius 2 is 1.79 bits per heavy atom. The maximum atomic E-state index is 12.4. The number of hydrogen-bond acceptors (Lipinski definition) is 6. The average molecular weight is 474 g/mol. The summed E-state index contributed by atoms with van der Waals surface area (Å²) in [6, 6.07) is 14.3. The van der Waals surface area contributed by atoms with E-state index < -0.39 is 11.8 Å². The summed E-state index contributed by atoms with van der Waals surface area (Å²) in [6.45, 7) is 7.38. The van der Waals surface area contributed by atoms with Crippen LogP contribution in [0.4, 0.5) is 0 Å². The summed E-state index contributed by atoms with van der Waals surface area (Å²) >= 11 is 5.08. The molecule has 2 aromatic carbocycles. The van der Waals surface area contributed by atoms with Gasteiger partial charge in [0.05, 0.1) is 6.61 Å². The number of hydrogen-bond donors (Lipinski definition) is 3. The van der Waals surface area contributed by atoms with E-state index in [-0.39, 0.29) is 11.7 Å². The van der Waals surface area contributed by atoms with Gasteiger partial charge in [0, 0.05) is 12.2 Å². The Balaban J connectivity index is 1.77. The van der Waals surface area contributed by atoms with E-state index in [1.165, 1.54) is 0 Å². The standard InChI is InChI=1S/C24H31N3O5S/c1-4-17(3)20-11-6-7-12-21(20)32-16-22(28)26-27-24(33)25-23(29)18-9-8-10-19(15-18)31-14-13-30-5-2/h6-12,15,17H,4-5,13-14,16H2,1-3H3,(H,26,28)(H2,25,27,29,33). The van der Waals surface area contributed by atoms with Gasteiger partial charge in [0.25, 0.3) is 11.8 Å². The number of hydrazine groups is 1. The number of carbonyl (C=O) groups excluding carboxylic acids is 2. The van der Waals surface area contributed by atoms with Gasteiger partial charge in [-0.05, 0) is 61.3 Å². The molecular weight excluding hydrogens is 442 g/mol. The topological polar surface area (TPSA) is 97.9 Å². The second-order valence-corrected chi connectivity index (χ2v) is 7.57. The molecule has 1 atom stereocenters. The second kappa shape index (κ2) is 14.1. The minimum absolute atomic E-state index is 0.0453. The first-order valence-electron chi connectivity index (χ1n) is 10.9. The molecule has 0 aromatic heterocycles. The number of amides is 2. The molecule has 0 bridgehead atoms. The van der Waals surface area contributed by atoms with E-state index in [1.54, 1.807) is 24.3 Å². The molecule has 0 radical (unpaired) electrons. The summed E-state index contributed by atoms with van der Waals surface area (Å²) in [4.78, 5) is 24.5. The van der Waals surface area contributed by atoms with E-state index in [1.807, 2.05) is 31.2 Å². The summed E-state index contributed by atoms with van der Waals surface area (Å²) < 4.78 is 16.4. The lowest BCUT2D eigenvalue weighted by atomic mass is 9.98. The molecule has 0 spiro atoms. The SMILES string of the molecule is CCOCCOc1cccc(C(=O)NC(=S)NNC(=O)COc2ccccc2C(C)CC)c1. The molecule has 178 valence electrons. The highest BCUT2D eigenvalue weighted by Gasteiger charge is 2.12. The van der Waals surface area contributed by atoms with E-state index in [9.17, 15) is 9.59 Å². The average Bonchev–Trinajstić information content (AvgIpc) is 2.84. The van der Waals surface area contributed by atoms with Crippen molar-refractivity contribution in [3.63, 3.8) is 0 Å². The molecule has 2 aromatic rings. The van der Waals surface area contributed by atoms with E-state index in [4.69, 9.17) is 26.4 Å². The lowest BCUT2D eigenvalue weighted by Gasteiger charge is -2.16. The summed E-state index contributed by atoms with van der Waals surface area (Å²) in [5.41, 5.74) is 6.33. The molecule has 0 fully saturated rings. The molecule has 1 unspecified atom stereocenters. The van der Waals surface area contributed by atoms with E-state index in [0.29, 0.717) is 42.8 Å². The van der Waals surface area contributed by atoms with Crippen LogP contribution in [0.1, 0.15) is 49.0 Å². The number of thiocarbonyl (C=S) groups is 1.